The fraction of sp³-hybridized carbons (Fsp3) is 0.312. The van der Waals surface area contributed by atoms with Crippen molar-refractivity contribution in [1.82, 2.24) is 4.98 Å². The van der Waals surface area contributed by atoms with Crippen molar-refractivity contribution >= 4 is 0 Å². The van der Waals surface area contributed by atoms with Crippen molar-refractivity contribution in [2.24, 2.45) is 0 Å². The fourth-order valence-electron chi connectivity index (χ4n) is 2.23. The van der Waals surface area contributed by atoms with Gasteiger partial charge in [0, 0.05) is 12.6 Å². The van der Waals surface area contributed by atoms with Gasteiger partial charge in [0.2, 0.25) is 0 Å². The molecule has 4 heteroatoms. The molecule has 2 heterocycles. The minimum atomic E-state index is -0.757. The van der Waals surface area contributed by atoms with Crippen LogP contribution in [0.3, 0.4) is 0 Å². The van der Waals surface area contributed by atoms with E-state index < -0.39 is 6.10 Å². The first-order valence-electron chi connectivity index (χ1n) is 6.74. The number of aryl methyl sites for hydroxylation is 1. The van der Waals surface area contributed by atoms with E-state index in [1.807, 2.05) is 37.3 Å². The Morgan fingerprint density at radius 1 is 1.10 bits per heavy atom. The van der Waals surface area contributed by atoms with Crippen LogP contribution in [0.5, 0.6) is 11.5 Å². The number of aliphatic hydroxyl groups excluding tert-OH is 1. The van der Waals surface area contributed by atoms with Gasteiger partial charge in [0.05, 0.1) is 18.9 Å². The van der Waals surface area contributed by atoms with Crippen LogP contribution in [0.25, 0.3) is 0 Å². The Hall–Kier alpha value is -2.07. The molecule has 1 N–H and O–H groups in total. The Morgan fingerprint density at radius 2 is 1.90 bits per heavy atom. The molecule has 1 aliphatic rings. The molecule has 1 aromatic carbocycles. The van der Waals surface area contributed by atoms with E-state index in [2.05, 4.69) is 4.98 Å². The van der Waals surface area contributed by atoms with Gasteiger partial charge in [0.1, 0.15) is 6.10 Å². The maximum atomic E-state index is 10.4. The summed E-state index contributed by atoms with van der Waals surface area (Å²) < 4.78 is 11.2. The third kappa shape index (κ3) is 2.60. The van der Waals surface area contributed by atoms with Crippen LogP contribution in [0.4, 0.5) is 0 Å². The lowest BCUT2D eigenvalue weighted by Gasteiger charge is -2.14. The highest BCUT2D eigenvalue weighted by Crippen LogP contribution is 2.33. The fourth-order valence-corrected chi connectivity index (χ4v) is 2.23. The summed E-state index contributed by atoms with van der Waals surface area (Å²) in [5.41, 5.74) is 2.47. The summed E-state index contributed by atoms with van der Waals surface area (Å²) in [5.74, 6) is 1.42. The first-order valence-corrected chi connectivity index (χ1v) is 6.74. The van der Waals surface area contributed by atoms with Crippen LogP contribution in [0.2, 0.25) is 0 Å². The minimum Gasteiger partial charge on any atom is -0.490 e. The zero-order chi connectivity index (χ0) is 13.9. The molecular weight excluding hydrogens is 254 g/mol. The molecule has 2 aromatic rings. The van der Waals surface area contributed by atoms with Crippen molar-refractivity contribution in [3.8, 4) is 11.5 Å². The molecule has 104 valence electrons. The average molecular weight is 271 g/mol. The second-order valence-electron chi connectivity index (χ2n) is 4.92. The van der Waals surface area contributed by atoms with Crippen LogP contribution < -0.4 is 9.47 Å². The van der Waals surface area contributed by atoms with Crippen molar-refractivity contribution in [2.75, 3.05) is 13.2 Å². The van der Waals surface area contributed by atoms with E-state index in [-0.39, 0.29) is 0 Å². The average Bonchev–Trinajstić information content (AvgIpc) is 2.71. The minimum absolute atomic E-state index is 0.634. The largest absolute Gasteiger partial charge is 0.490 e. The molecule has 1 unspecified atom stereocenters. The van der Waals surface area contributed by atoms with Crippen LogP contribution >= 0.6 is 0 Å². The molecule has 4 nitrogen and oxygen atoms in total. The Bertz CT molecular complexity index is 612. The number of aromatic nitrogens is 1. The second kappa shape index (κ2) is 5.51. The van der Waals surface area contributed by atoms with Gasteiger partial charge in [-0.15, -0.1) is 0 Å². The first-order chi connectivity index (χ1) is 9.74. The molecule has 0 amide bonds. The summed E-state index contributed by atoms with van der Waals surface area (Å²) in [4.78, 5) is 4.22. The molecule has 0 fully saturated rings. The van der Waals surface area contributed by atoms with Gasteiger partial charge in [-0.25, -0.2) is 0 Å². The number of hydrogen-bond acceptors (Lipinski definition) is 4. The molecule has 3 rings (SSSR count). The van der Waals surface area contributed by atoms with E-state index in [0.717, 1.165) is 23.3 Å². The molecule has 20 heavy (non-hydrogen) atoms. The Morgan fingerprint density at radius 3 is 2.70 bits per heavy atom. The van der Waals surface area contributed by atoms with E-state index in [0.29, 0.717) is 24.7 Å². The number of aliphatic hydroxyl groups is 1. The molecule has 0 bridgehead atoms. The van der Waals surface area contributed by atoms with Crippen molar-refractivity contribution in [3.05, 3.63) is 53.3 Å². The zero-order valence-corrected chi connectivity index (χ0v) is 11.4. The van der Waals surface area contributed by atoms with Gasteiger partial charge in [-0.2, -0.15) is 0 Å². The van der Waals surface area contributed by atoms with E-state index in [4.69, 9.17) is 9.47 Å². The van der Waals surface area contributed by atoms with Crippen LogP contribution in [0.15, 0.2) is 36.5 Å². The van der Waals surface area contributed by atoms with Gasteiger partial charge < -0.3 is 14.6 Å². The maximum absolute atomic E-state index is 10.4. The Labute approximate surface area is 118 Å². The predicted octanol–water partition coefficient (Wildman–Crippen LogP) is 2.63. The second-order valence-corrected chi connectivity index (χ2v) is 4.92. The van der Waals surface area contributed by atoms with Crippen molar-refractivity contribution in [1.29, 1.82) is 0 Å². The van der Waals surface area contributed by atoms with Crippen molar-refractivity contribution in [3.63, 3.8) is 0 Å². The number of benzene rings is 1. The summed E-state index contributed by atoms with van der Waals surface area (Å²) in [5, 5.41) is 10.4. The number of rotatable bonds is 2. The summed E-state index contributed by atoms with van der Waals surface area (Å²) in [7, 11) is 0. The van der Waals surface area contributed by atoms with Crippen molar-refractivity contribution in [2.45, 2.75) is 19.4 Å². The molecule has 0 saturated carbocycles. The van der Waals surface area contributed by atoms with Crippen LogP contribution in [-0.2, 0) is 0 Å². The van der Waals surface area contributed by atoms with Gasteiger partial charge in [-0.05, 0) is 42.3 Å². The van der Waals surface area contributed by atoms with Gasteiger partial charge in [0.25, 0.3) is 0 Å². The number of pyridine rings is 1. The summed E-state index contributed by atoms with van der Waals surface area (Å²) in [6.07, 6.45) is 1.82. The molecule has 1 aromatic heterocycles. The maximum Gasteiger partial charge on any atom is 0.161 e. The molecule has 1 aliphatic heterocycles. The summed E-state index contributed by atoms with van der Waals surface area (Å²) in [6.45, 7) is 3.27. The van der Waals surface area contributed by atoms with E-state index in [1.54, 1.807) is 6.20 Å². The van der Waals surface area contributed by atoms with E-state index >= 15 is 0 Å². The number of hydrogen-bond donors (Lipinski definition) is 1. The molecule has 0 saturated heterocycles. The van der Waals surface area contributed by atoms with Crippen LogP contribution in [0.1, 0.15) is 29.3 Å². The summed E-state index contributed by atoms with van der Waals surface area (Å²) >= 11 is 0. The Balaban J connectivity index is 1.92. The standard InChI is InChI=1S/C16H17NO3/c1-11-5-6-17-13(9-11)16(18)12-3-4-14-15(10-12)20-8-2-7-19-14/h3-6,9-10,16,18H,2,7-8H2,1H3. The molecule has 0 spiro atoms. The quantitative estimate of drug-likeness (QED) is 0.912. The third-order valence-corrected chi connectivity index (χ3v) is 3.30. The normalized spacial score (nSPS) is 15.5. The molecule has 0 aliphatic carbocycles. The summed E-state index contributed by atoms with van der Waals surface area (Å²) in [6, 6.07) is 9.31. The zero-order valence-electron chi connectivity index (χ0n) is 11.4. The number of fused-ring (bicyclic) bond motifs is 1. The molecule has 1 atom stereocenters. The van der Waals surface area contributed by atoms with Gasteiger partial charge in [-0.3, -0.25) is 4.98 Å². The monoisotopic (exact) mass is 271 g/mol. The van der Waals surface area contributed by atoms with Crippen LogP contribution in [-0.4, -0.2) is 23.3 Å². The Kier molecular flexibility index (Phi) is 3.56. The highest BCUT2D eigenvalue weighted by atomic mass is 16.5. The lowest BCUT2D eigenvalue weighted by molar-refractivity contribution is 0.214. The third-order valence-electron chi connectivity index (χ3n) is 3.30. The molecular formula is C16H17NO3. The predicted molar refractivity (Wildman–Crippen MR) is 75.1 cm³/mol. The van der Waals surface area contributed by atoms with E-state index in [9.17, 15) is 5.11 Å². The topological polar surface area (TPSA) is 51.6 Å². The van der Waals surface area contributed by atoms with Gasteiger partial charge in [-0.1, -0.05) is 6.07 Å². The lowest BCUT2D eigenvalue weighted by atomic mass is 10.0. The molecule has 0 radical (unpaired) electrons. The lowest BCUT2D eigenvalue weighted by Crippen LogP contribution is -2.03. The van der Waals surface area contributed by atoms with Crippen molar-refractivity contribution < 1.29 is 14.6 Å². The van der Waals surface area contributed by atoms with E-state index in [1.165, 1.54) is 0 Å². The van der Waals surface area contributed by atoms with Crippen LogP contribution in [0, 0.1) is 6.92 Å². The van der Waals surface area contributed by atoms with Gasteiger partial charge in [0.15, 0.2) is 11.5 Å². The number of nitrogens with zero attached hydrogens (tertiary/aromatic N) is 1. The van der Waals surface area contributed by atoms with Gasteiger partial charge >= 0.3 is 0 Å². The number of ether oxygens (including phenoxy) is 2. The smallest absolute Gasteiger partial charge is 0.161 e. The first kappa shape index (κ1) is 12.9. The highest BCUT2D eigenvalue weighted by molar-refractivity contribution is 5.45. The SMILES string of the molecule is Cc1ccnc(C(O)c2ccc3c(c2)OCCCO3)c1. The highest BCUT2D eigenvalue weighted by Gasteiger charge is 2.16.